The first kappa shape index (κ1) is 19.0. The van der Waals surface area contributed by atoms with Gasteiger partial charge in [-0.25, -0.2) is 0 Å². The van der Waals surface area contributed by atoms with Crippen LogP contribution in [0, 0.1) is 5.92 Å². The molecule has 3 rings (SSSR count). The molecule has 1 aliphatic rings. The van der Waals surface area contributed by atoms with Crippen molar-refractivity contribution in [1.82, 2.24) is 0 Å². The van der Waals surface area contributed by atoms with Gasteiger partial charge in [-0.15, -0.1) is 0 Å². The van der Waals surface area contributed by atoms with Crippen LogP contribution in [0.15, 0.2) is 48.5 Å². The van der Waals surface area contributed by atoms with E-state index in [9.17, 15) is 4.79 Å². The lowest BCUT2D eigenvalue weighted by Gasteiger charge is -2.34. The molecule has 1 unspecified atom stereocenters. The van der Waals surface area contributed by atoms with Crippen LogP contribution in [0.5, 0.6) is 5.75 Å². The number of benzene rings is 2. The molecule has 0 aromatic heterocycles. The highest BCUT2D eigenvalue weighted by Gasteiger charge is 2.54. The van der Waals surface area contributed by atoms with E-state index in [2.05, 4.69) is 35.8 Å². The van der Waals surface area contributed by atoms with Gasteiger partial charge in [0.15, 0.2) is 0 Å². The van der Waals surface area contributed by atoms with Crippen LogP contribution in [0.25, 0.3) is 0 Å². The van der Waals surface area contributed by atoms with E-state index in [0.29, 0.717) is 6.61 Å². The number of hydrogen-bond donors (Lipinski definition) is 0. The van der Waals surface area contributed by atoms with Crippen molar-refractivity contribution in [3.63, 3.8) is 0 Å². The second kappa shape index (κ2) is 7.83. The molecule has 26 heavy (non-hydrogen) atoms. The van der Waals surface area contributed by atoms with Gasteiger partial charge in [-0.1, -0.05) is 66.2 Å². The molecule has 1 heterocycles. The molecule has 0 N–H and O–H groups in total. The molecule has 2 aromatic carbocycles. The van der Waals surface area contributed by atoms with Gasteiger partial charge in [0.2, 0.25) is 5.91 Å². The fourth-order valence-electron chi connectivity index (χ4n) is 4.01. The van der Waals surface area contributed by atoms with Crippen molar-refractivity contribution in [3.05, 3.63) is 59.7 Å². The predicted molar refractivity (Wildman–Crippen MR) is 110 cm³/mol. The van der Waals surface area contributed by atoms with E-state index in [1.807, 2.05) is 49.5 Å². The second-order valence-corrected chi connectivity index (χ2v) is 7.88. The van der Waals surface area contributed by atoms with E-state index in [1.165, 1.54) is 0 Å². The van der Waals surface area contributed by atoms with Crippen LogP contribution in [0.4, 0.5) is 5.69 Å². The van der Waals surface area contributed by atoms with Gasteiger partial charge < -0.3 is 9.64 Å². The maximum absolute atomic E-state index is 13.5. The Morgan fingerprint density at radius 1 is 1.04 bits per heavy atom. The quantitative estimate of drug-likeness (QED) is 0.461. The Labute approximate surface area is 164 Å². The topological polar surface area (TPSA) is 29.5 Å². The van der Waals surface area contributed by atoms with E-state index in [0.717, 1.165) is 40.7 Å². The molecule has 2 aromatic rings. The summed E-state index contributed by atoms with van der Waals surface area (Å²) in [5.41, 5.74) is 2.31. The van der Waals surface area contributed by atoms with Crippen LogP contribution in [0.1, 0.15) is 37.8 Å². The minimum atomic E-state index is -0.711. The first-order valence-electron chi connectivity index (χ1n) is 9.21. The van der Waals surface area contributed by atoms with Gasteiger partial charge in [-0.3, -0.25) is 4.79 Å². The summed E-state index contributed by atoms with van der Waals surface area (Å²) in [4.78, 5) is 15.3. The zero-order chi connectivity index (χ0) is 18.7. The zero-order valence-electron chi connectivity index (χ0n) is 15.7. The number of anilines is 1. The molecule has 4 heteroatoms. The molecule has 0 bridgehead atoms. The highest BCUT2D eigenvalue weighted by Crippen LogP contribution is 2.52. The number of nitrogens with zero attached hydrogens (tertiary/aromatic N) is 1. The Balaban J connectivity index is 2.12. The Morgan fingerprint density at radius 3 is 2.38 bits per heavy atom. The number of unbranched alkanes of at least 4 members (excludes halogenated alkanes) is 1. The van der Waals surface area contributed by atoms with Gasteiger partial charge in [0.05, 0.1) is 6.61 Å². The largest absolute Gasteiger partial charge is 0.493 e. The number of fused-ring (bicyclic) bond motifs is 1. The Morgan fingerprint density at radius 2 is 1.69 bits per heavy atom. The predicted octanol–water partition coefficient (Wildman–Crippen LogP) is 5.16. The molecule has 0 spiro atoms. The smallest absolute Gasteiger partial charge is 0.242 e. The molecule has 0 aliphatic carbocycles. The van der Waals surface area contributed by atoms with Gasteiger partial charge in [0, 0.05) is 23.6 Å². The molecule has 3 nitrogen and oxygen atoms in total. The molecule has 138 valence electrons. The van der Waals surface area contributed by atoms with Crippen LogP contribution in [-0.2, 0) is 10.2 Å². The van der Waals surface area contributed by atoms with Gasteiger partial charge in [0.25, 0.3) is 0 Å². The van der Waals surface area contributed by atoms with Crippen molar-refractivity contribution in [2.75, 3.05) is 23.9 Å². The van der Waals surface area contributed by atoms with E-state index in [1.54, 1.807) is 4.90 Å². The van der Waals surface area contributed by atoms with Crippen molar-refractivity contribution < 1.29 is 9.53 Å². The number of likely N-dealkylation sites (N-methyl/N-ethyl adjacent to an activating group) is 1. The number of ether oxygens (including phenoxy) is 1. The molecule has 1 atom stereocenters. The lowest BCUT2D eigenvalue weighted by atomic mass is 9.67. The Hall–Kier alpha value is -1.81. The standard InChI is InChI=1S/C22H26BrNO2/c1-16(2)22(17-10-4-6-12-19(17)24(3)21(22)25)18-11-5-7-13-20(18)26-15-9-8-14-23/h4-7,10-13,16H,8-9,14-15H2,1-3H3. The molecule has 0 saturated heterocycles. The summed E-state index contributed by atoms with van der Waals surface area (Å²) in [6, 6.07) is 16.1. The van der Waals surface area contributed by atoms with Crippen molar-refractivity contribution in [3.8, 4) is 5.75 Å². The molecular weight excluding hydrogens is 390 g/mol. The Bertz CT molecular complexity index is 789. The number of para-hydroxylation sites is 2. The maximum Gasteiger partial charge on any atom is 0.242 e. The van der Waals surface area contributed by atoms with E-state index >= 15 is 0 Å². The average Bonchev–Trinajstić information content (AvgIpc) is 2.88. The first-order valence-corrected chi connectivity index (χ1v) is 10.3. The van der Waals surface area contributed by atoms with Crippen LogP contribution in [0.2, 0.25) is 0 Å². The highest BCUT2D eigenvalue weighted by molar-refractivity contribution is 9.09. The summed E-state index contributed by atoms with van der Waals surface area (Å²) >= 11 is 3.46. The van der Waals surface area contributed by atoms with E-state index in [4.69, 9.17) is 4.74 Å². The Kier molecular flexibility index (Phi) is 5.71. The third-order valence-corrected chi connectivity index (χ3v) is 5.86. The molecular formula is C22H26BrNO2. The van der Waals surface area contributed by atoms with Crippen LogP contribution < -0.4 is 9.64 Å². The number of halogens is 1. The normalized spacial score (nSPS) is 19.1. The third-order valence-electron chi connectivity index (χ3n) is 5.30. The fraction of sp³-hybridized carbons (Fsp3) is 0.409. The lowest BCUT2D eigenvalue weighted by molar-refractivity contribution is -0.122. The number of amides is 1. The SMILES string of the molecule is CC(C)C1(c2ccccc2OCCCCBr)C(=O)N(C)c2ccccc21. The van der Waals surface area contributed by atoms with Crippen LogP contribution in [0.3, 0.4) is 0 Å². The zero-order valence-corrected chi connectivity index (χ0v) is 17.3. The number of alkyl halides is 1. The summed E-state index contributed by atoms with van der Waals surface area (Å²) < 4.78 is 6.13. The molecule has 1 amide bonds. The summed E-state index contributed by atoms with van der Waals surface area (Å²) in [6.07, 6.45) is 2.06. The summed E-state index contributed by atoms with van der Waals surface area (Å²) in [5, 5.41) is 0.977. The monoisotopic (exact) mass is 415 g/mol. The van der Waals surface area contributed by atoms with E-state index in [-0.39, 0.29) is 11.8 Å². The van der Waals surface area contributed by atoms with Crippen molar-refractivity contribution >= 4 is 27.5 Å². The van der Waals surface area contributed by atoms with Gasteiger partial charge >= 0.3 is 0 Å². The van der Waals surface area contributed by atoms with Crippen molar-refractivity contribution in [1.29, 1.82) is 0 Å². The van der Waals surface area contributed by atoms with Crippen LogP contribution in [-0.4, -0.2) is 24.9 Å². The second-order valence-electron chi connectivity index (χ2n) is 7.08. The summed E-state index contributed by atoms with van der Waals surface area (Å²) in [5.74, 6) is 1.04. The van der Waals surface area contributed by atoms with E-state index < -0.39 is 5.41 Å². The van der Waals surface area contributed by atoms with Gasteiger partial charge in [-0.2, -0.15) is 0 Å². The highest BCUT2D eigenvalue weighted by atomic mass is 79.9. The van der Waals surface area contributed by atoms with Gasteiger partial charge in [-0.05, 0) is 36.5 Å². The number of carbonyl (C=O) groups excluding carboxylic acids is 1. The number of hydrogen-bond acceptors (Lipinski definition) is 2. The number of rotatable bonds is 7. The number of carbonyl (C=O) groups is 1. The molecule has 1 aliphatic heterocycles. The fourth-order valence-corrected chi connectivity index (χ4v) is 4.41. The molecule has 0 radical (unpaired) electrons. The average molecular weight is 416 g/mol. The lowest BCUT2D eigenvalue weighted by Crippen LogP contribution is -2.44. The molecule has 0 saturated carbocycles. The van der Waals surface area contributed by atoms with Crippen molar-refractivity contribution in [2.24, 2.45) is 5.92 Å². The van der Waals surface area contributed by atoms with Crippen molar-refractivity contribution in [2.45, 2.75) is 32.1 Å². The molecule has 0 fully saturated rings. The van der Waals surface area contributed by atoms with Crippen LogP contribution >= 0.6 is 15.9 Å². The van der Waals surface area contributed by atoms with Gasteiger partial charge in [0.1, 0.15) is 11.2 Å². The maximum atomic E-state index is 13.5. The summed E-state index contributed by atoms with van der Waals surface area (Å²) in [6.45, 7) is 4.90. The summed E-state index contributed by atoms with van der Waals surface area (Å²) in [7, 11) is 1.87. The minimum Gasteiger partial charge on any atom is -0.493 e. The third kappa shape index (κ3) is 2.94. The minimum absolute atomic E-state index is 0.105. The first-order chi connectivity index (χ1) is 12.5.